The average molecular weight is 190 g/mol. The van der Waals surface area contributed by atoms with E-state index in [4.69, 9.17) is 16.3 Å². The molecule has 0 aliphatic rings. The number of alkyl halides is 1. The van der Waals surface area contributed by atoms with Gasteiger partial charge in [0.2, 0.25) is 5.95 Å². The van der Waals surface area contributed by atoms with Crippen molar-refractivity contribution in [1.82, 2.24) is 4.98 Å². The molecule has 0 aromatic carbocycles. The first kappa shape index (κ1) is 9.42. The van der Waals surface area contributed by atoms with Gasteiger partial charge in [-0.3, -0.25) is 0 Å². The zero-order valence-electron chi connectivity index (χ0n) is 6.63. The molecule has 1 aromatic rings. The molecule has 0 amide bonds. The Morgan fingerprint density at radius 3 is 2.92 bits per heavy atom. The normalized spacial score (nSPS) is 12.9. The molecule has 0 aliphatic heterocycles. The van der Waals surface area contributed by atoms with Gasteiger partial charge in [-0.05, 0) is 18.6 Å². The standard InChI is InChI=1S/C8H9ClFNO/c1-6(9)12-5-7-2-3-8(10)11-4-7/h2-4,6H,5H2,1H3. The van der Waals surface area contributed by atoms with Crippen molar-refractivity contribution in [3.05, 3.63) is 29.8 Å². The number of aromatic nitrogens is 1. The molecule has 1 atom stereocenters. The topological polar surface area (TPSA) is 22.1 Å². The Balaban J connectivity index is 2.48. The van der Waals surface area contributed by atoms with Gasteiger partial charge in [0, 0.05) is 6.20 Å². The van der Waals surface area contributed by atoms with Crippen LogP contribution in [0.3, 0.4) is 0 Å². The Morgan fingerprint density at radius 1 is 1.67 bits per heavy atom. The summed E-state index contributed by atoms with van der Waals surface area (Å²) in [7, 11) is 0. The summed E-state index contributed by atoms with van der Waals surface area (Å²) >= 11 is 5.54. The molecule has 0 N–H and O–H groups in total. The summed E-state index contributed by atoms with van der Waals surface area (Å²) < 4.78 is 17.4. The predicted octanol–water partition coefficient (Wildman–Crippen LogP) is 2.32. The minimum Gasteiger partial charge on any atom is -0.358 e. The van der Waals surface area contributed by atoms with Gasteiger partial charge in [-0.15, -0.1) is 0 Å². The monoisotopic (exact) mass is 189 g/mol. The van der Waals surface area contributed by atoms with E-state index in [1.807, 2.05) is 0 Å². The van der Waals surface area contributed by atoms with E-state index in [0.717, 1.165) is 5.56 Å². The van der Waals surface area contributed by atoms with Gasteiger partial charge in [-0.2, -0.15) is 4.39 Å². The van der Waals surface area contributed by atoms with E-state index in [1.165, 1.54) is 12.3 Å². The van der Waals surface area contributed by atoms with E-state index in [9.17, 15) is 4.39 Å². The zero-order chi connectivity index (χ0) is 8.97. The number of pyridine rings is 1. The molecule has 0 bridgehead atoms. The predicted molar refractivity (Wildman–Crippen MR) is 44.3 cm³/mol. The van der Waals surface area contributed by atoms with Crippen LogP contribution in [0.5, 0.6) is 0 Å². The average Bonchev–Trinajstić information content (AvgIpc) is 2.03. The summed E-state index contributed by atoms with van der Waals surface area (Å²) in [5.74, 6) is -0.488. The molecule has 1 rings (SSSR count). The zero-order valence-corrected chi connectivity index (χ0v) is 7.38. The van der Waals surface area contributed by atoms with Gasteiger partial charge >= 0.3 is 0 Å². The largest absolute Gasteiger partial charge is 0.358 e. The Kier molecular flexibility index (Phi) is 3.44. The molecular weight excluding hydrogens is 181 g/mol. The van der Waals surface area contributed by atoms with Crippen LogP contribution in [0.1, 0.15) is 12.5 Å². The Bertz CT molecular complexity index is 237. The lowest BCUT2D eigenvalue weighted by atomic mass is 10.3. The quantitative estimate of drug-likeness (QED) is 0.538. The summed E-state index contributed by atoms with van der Waals surface area (Å²) in [5.41, 5.74) is 0.471. The molecule has 0 saturated carbocycles. The van der Waals surface area contributed by atoms with E-state index < -0.39 is 5.95 Å². The molecule has 66 valence electrons. The Hall–Kier alpha value is -0.670. The summed E-state index contributed by atoms with van der Waals surface area (Å²) in [6.07, 6.45) is 1.43. The van der Waals surface area contributed by atoms with Gasteiger partial charge < -0.3 is 4.74 Å². The van der Waals surface area contributed by atoms with E-state index in [0.29, 0.717) is 6.61 Å². The van der Waals surface area contributed by atoms with Crippen LogP contribution in [-0.2, 0) is 11.3 Å². The van der Waals surface area contributed by atoms with Crippen molar-refractivity contribution >= 4 is 11.6 Å². The van der Waals surface area contributed by atoms with Gasteiger partial charge in [-0.1, -0.05) is 17.7 Å². The lowest BCUT2D eigenvalue weighted by Gasteiger charge is -2.04. The summed E-state index contributed by atoms with van der Waals surface area (Å²) in [6.45, 7) is 2.08. The van der Waals surface area contributed by atoms with E-state index in [2.05, 4.69) is 4.98 Å². The number of hydrogen-bond acceptors (Lipinski definition) is 2. The summed E-state index contributed by atoms with van der Waals surface area (Å²) in [6, 6.07) is 2.90. The second-order valence-electron chi connectivity index (χ2n) is 2.34. The molecule has 1 aromatic heterocycles. The number of rotatable bonds is 3. The highest BCUT2D eigenvalue weighted by Gasteiger charge is 1.98. The third-order valence-electron chi connectivity index (χ3n) is 1.27. The molecule has 1 heterocycles. The van der Waals surface area contributed by atoms with Crippen molar-refractivity contribution in [1.29, 1.82) is 0 Å². The van der Waals surface area contributed by atoms with Crippen LogP contribution in [0.15, 0.2) is 18.3 Å². The third kappa shape index (κ3) is 3.15. The number of halogens is 2. The number of ether oxygens (including phenoxy) is 1. The van der Waals surface area contributed by atoms with Crippen molar-refractivity contribution < 1.29 is 9.13 Å². The first-order valence-corrected chi connectivity index (χ1v) is 3.98. The minimum absolute atomic E-state index is 0.338. The van der Waals surface area contributed by atoms with Crippen molar-refractivity contribution in [2.75, 3.05) is 0 Å². The molecular formula is C8H9ClFNO. The summed E-state index contributed by atoms with van der Waals surface area (Å²) in [5, 5.41) is 0. The van der Waals surface area contributed by atoms with Crippen LogP contribution in [0, 0.1) is 5.95 Å². The highest BCUT2D eigenvalue weighted by Crippen LogP contribution is 2.04. The number of nitrogens with zero attached hydrogens (tertiary/aromatic N) is 1. The fraction of sp³-hybridized carbons (Fsp3) is 0.375. The van der Waals surface area contributed by atoms with Crippen LogP contribution in [0.4, 0.5) is 4.39 Å². The maximum absolute atomic E-state index is 12.3. The summed E-state index contributed by atoms with van der Waals surface area (Å²) in [4.78, 5) is 3.47. The van der Waals surface area contributed by atoms with Crippen LogP contribution in [0.25, 0.3) is 0 Å². The lowest BCUT2D eigenvalue weighted by Crippen LogP contribution is -1.99. The maximum atomic E-state index is 12.3. The van der Waals surface area contributed by atoms with Crippen LogP contribution >= 0.6 is 11.6 Å². The van der Waals surface area contributed by atoms with E-state index >= 15 is 0 Å². The molecule has 0 aliphatic carbocycles. The van der Waals surface area contributed by atoms with Gasteiger partial charge in [0.1, 0.15) is 5.56 Å². The van der Waals surface area contributed by atoms with Crippen LogP contribution in [-0.4, -0.2) is 10.5 Å². The van der Waals surface area contributed by atoms with Gasteiger partial charge in [0.25, 0.3) is 0 Å². The first-order chi connectivity index (χ1) is 5.68. The second-order valence-corrected chi connectivity index (χ2v) is 2.96. The van der Waals surface area contributed by atoms with Crippen molar-refractivity contribution in [2.45, 2.75) is 19.1 Å². The first-order valence-electron chi connectivity index (χ1n) is 3.54. The van der Waals surface area contributed by atoms with Gasteiger partial charge in [-0.25, -0.2) is 4.98 Å². The lowest BCUT2D eigenvalue weighted by molar-refractivity contribution is 0.105. The Morgan fingerprint density at radius 2 is 2.42 bits per heavy atom. The molecule has 2 nitrogen and oxygen atoms in total. The van der Waals surface area contributed by atoms with Crippen molar-refractivity contribution in [2.24, 2.45) is 0 Å². The molecule has 12 heavy (non-hydrogen) atoms. The van der Waals surface area contributed by atoms with Crippen LogP contribution in [0.2, 0.25) is 0 Å². The SMILES string of the molecule is CC(Cl)OCc1ccc(F)nc1. The fourth-order valence-corrected chi connectivity index (χ4v) is 0.766. The van der Waals surface area contributed by atoms with Crippen molar-refractivity contribution in [3.8, 4) is 0 Å². The highest BCUT2D eigenvalue weighted by atomic mass is 35.5. The van der Waals surface area contributed by atoms with Crippen LogP contribution < -0.4 is 0 Å². The molecule has 0 saturated heterocycles. The third-order valence-corrected chi connectivity index (χ3v) is 1.39. The highest BCUT2D eigenvalue weighted by molar-refractivity contribution is 6.19. The number of hydrogen-bond donors (Lipinski definition) is 0. The molecule has 0 radical (unpaired) electrons. The van der Waals surface area contributed by atoms with Gasteiger partial charge in [0.05, 0.1) is 6.61 Å². The van der Waals surface area contributed by atoms with E-state index in [-0.39, 0.29) is 5.56 Å². The Labute approximate surface area is 75.3 Å². The molecule has 0 fully saturated rings. The van der Waals surface area contributed by atoms with E-state index in [1.54, 1.807) is 13.0 Å². The molecule has 0 spiro atoms. The second kappa shape index (κ2) is 4.38. The van der Waals surface area contributed by atoms with Crippen molar-refractivity contribution in [3.63, 3.8) is 0 Å². The maximum Gasteiger partial charge on any atom is 0.212 e. The molecule has 4 heteroatoms. The fourth-order valence-electron chi connectivity index (χ4n) is 0.703. The molecule has 1 unspecified atom stereocenters. The minimum atomic E-state index is -0.488. The smallest absolute Gasteiger partial charge is 0.212 e. The van der Waals surface area contributed by atoms with Gasteiger partial charge in [0.15, 0.2) is 0 Å².